The van der Waals surface area contributed by atoms with Crippen LogP contribution in [0.5, 0.6) is 0 Å². The molecule has 1 aliphatic heterocycles. The van der Waals surface area contributed by atoms with E-state index in [0.29, 0.717) is 11.5 Å². The lowest BCUT2D eigenvalue weighted by Gasteiger charge is -2.61. The molecule has 166 valence electrons. The lowest BCUT2D eigenvalue weighted by atomic mass is 9.43. The zero-order valence-corrected chi connectivity index (χ0v) is 19.3. The van der Waals surface area contributed by atoms with Crippen molar-refractivity contribution in [3.05, 3.63) is 0 Å². The number of epoxide rings is 1. The van der Waals surface area contributed by atoms with Gasteiger partial charge in [-0.3, -0.25) is 0 Å². The molecule has 4 aliphatic carbocycles. The van der Waals surface area contributed by atoms with Gasteiger partial charge in [0.2, 0.25) is 0 Å². The summed E-state index contributed by atoms with van der Waals surface area (Å²) in [4.78, 5) is 0. The molecular formula is C26H44O3. The number of aliphatic hydroxyl groups is 1. The first kappa shape index (κ1) is 20.8. The highest BCUT2D eigenvalue weighted by atomic mass is 16.6. The second-order valence-corrected chi connectivity index (χ2v) is 11.8. The summed E-state index contributed by atoms with van der Waals surface area (Å²) in [5.41, 5.74) is 0.727. The van der Waals surface area contributed by atoms with Crippen molar-refractivity contribution in [2.24, 2.45) is 28.6 Å². The minimum Gasteiger partial charge on any atom is -0.393 e. The molecular weight excluding hydrogens is 360 g/mol. The van der Waals surface area contributed by atoms with Crippen LogP contribution in [0.3, 0.4) is 0 Å². The molecule has 5 fully saturated rings. The normalized spacial score (nSPS) is 55.6. The Kier molecular flexibility index (Phi) is 4.97. The summed E-state index contributed by atoms with van der Waals surface area (Å²) >= 11 is 0. The van der Waals surface area contributed by atoms with Gasteiger partial charge in [-0.1, -0.05) is 33.6 Å². The number of hydrogen-bond acceptors (Lipinski definition) is 3. The number of unbranched alkanes of at least 4 members (excludes halogenated alkanes) is 1. The van der Waals surface area contributed by atoms with Gasteiger partial charge in [-0.05, 0) is 82.5 Å². The lowest BCUT2D eigenvalue weighted by Crippen LogP contribution is -2.60. The molecule has 0 bridgehead atoms. The Balaban J connectivity index is 1.47. The SMILES string of the molecule is CCCCC12CCC3C(CC4OC45CC(O)CCC35C)C1CCC2(C)OCCC. The van der Waals surface area contributed by atoms with Crippen LogP contribution in [0.15, 0.2) is 0 Å². The van der Waals surface area contributed by atoms with Gasteiger partial charge in [0.25, 0.3) is 0 Å². The van der Waals surface area contributed by atoms with Crippen LogP contribution >= 0.6 is 0 Å². The minimum atomic E-state index is -0.144. The van der Waals surface area contributed by atoms with Gasteiger partial charge in [-0.15, -0.1) is 0 Å². The molecule has 0 amide bonds. The topological polar surface area (TPSA) is 42.0 Å². The second kappa shape index (κ2) is 6.94. The van der Waals surface area contributed by atoms with Crippen molar-refractivity contribution in [1.29, 1.82) is 0 Å². The van der Waals surface area contributed by atoms with Gasteiger partial charge in [0, 0.05) is 23.9 Å². The fraction of sp³-hybridized carbons (Fsp3) is 1.00. The van der Waals surface area contributed by atoms with E-state index in [0.717, 1.165) is 50.0 Å². The van der Waals surface area contributed by atoms with E-state index in [4.69, 9.17) is 9.47 Å². The van der Waals surface area contributed by atoms with E-state index in [2.05, 4.69) is 27.7 Å². The summed E-state index contributed by atoms with van der Waals surface area (Å²) in [5, 5.41) is 10.4. The molecule has 4 saturated carbocycles. The summed E-state index contributed by atoms with van der Waals surface area (Å²) in [5.74, 6) is 2.39. The molecule has 3 heteroatoms. The van der Waals surface area contributed by atoms with E-state index in [9.17, 15) is 5.11 Å². The van der Waals surface area contributed by atoms with Crippen LogP contribution in [0.2, 0.25) is 0 Å². The number of ether oxygens (including phenoxy) is 2. The van der Waals surface area contributed by atoms with Gasteiger partial charge in [0.05, 0.1) is 17.8 Å². The first-order valence-electron chi connectivity index (χ1n) is 12.9. The lowest BCUT2D eigenvalue weighted by molar-refractivity contribution is -0.174. The highest BCUT2D eigenvalue weighted by molar-refractivity contribution is 5.25. The Labute approximate surface area is 178 Å². The average Bonchev–Trinajstić information content (AvgIpc) is 3.32. The number of rotatable bonds is 6. The molecule has 0 aromatic carbocycles. The molecule has 1 spiro atoms. The molecule has 9 unspecified atom stereocenters. The summed E-state index contributed by atoms with van der Waals surface area (Å²) in [7, 11) is 0. The molecule has 0 aromatic rings. The van der Waals surface area contributed by atoms with E-state index in [1.165, 1.54) is 51.4 Å². The summed E-state index contributed by atoms with van der Waals surface area (Å²) < 4.78 is 13.2. The Bertz CT molecular complexity index is 635. The first-order chi connectivity index (χ1) is 13.9. The molecule has 1 heterocycles. The van der Waals surface area contributed by atoms with Gasteiger partial charge in [-0.2, -0.15) is 0 Å². The van der Waals surface area contributed by atoms with Gasteiger partial charge in [0.1, 0.15) is 5.60 Å². The highest BCUT2D eigenvalue weighted by Crippen LogP contribution is 2.75. The Morgan fingerprint density at radius 2 is 1.79 bits per heavy atom. The minimum absolute atomic E-state index is 0.00979. The highest BCUT2D eigenvalue weighted by Gasteiger charge is 2.77. The van der Waals surface area contributed by atoms with Gasteiger partial charge >= 0.3 is 0 Å². The van der Waals surface area contributed by atoms with Crippen molar-refractivity contribution >= 4 is 0 Å². The van der Waals surface area contributed by atoms with E-state index >= 15 is 0 Å². The Hall–Kier alpha value is -0.120. The zero-order valence-electron chi connectivity index (χ0n) is 19.3. The number of aliphatic hydroxyl groups excluding tert-OH is 1. The zero-order chi connectivity index (χ0) is 20.5. The van der Waals surface area contributed by atoms with E-state index in [1.807, 2.05) is 0 Å². The predicted molar refractivity (Wildman–Crippen MR) is 116 cm³/mol. The van der Waals surface area contributed by atoms with Crippen molar-refractivity contribution in [2.75, 3.05) is 6.61 Å². The number of hydrogen-bond donors (Lipinski definition) is 1. The molecule has 9 atom stereocenters. The maximum atomic E-state index is 10.4. The molecule has 1 saturated heterocycles. The maximum absolute atomic E-state index is 10.4. The van der Waals surface area contributed by atoms with Crippen LogP contribution in [0.1, 0.15) is 105 Å². The number of fused-ring (bicyclic) bond motifs is 4. The molecule has 0 radical (unpaired) electrons. The van der Waals surface area contributed by atoms with Crippen molar-refractivity contribution in [1.82, 2.24) is 0 Å². The summed E-state index contributed by atoms with van der Waals surface area (Å²) in [6.07, 6.45) is 14.9. The Morgan fingerprint density at radius 1 is 1.00 bits per heavy atom. The van der Waals surface area contributed by atoms with Gasteiger partial charge in [-0.25, -0.2) is 0 Å². The monoisotopic (exact) mass is 404 g/mol. The molecule has 29 heavy (non-hydrogen) atoms. The van der Waals surface area contributed by atoms with Crippen LogP contribution in [0.4, 0.5) is 0 Å². The van der Waals surface area contributed by atoms with Gasteiger partial charge in [0.15, 0.2) is 0 Å². The summed E-state index contributed by atoms with van der Waals surface area (Å²) in [6.45, 7) is 10.5. The van der Waals surface area contributed by atoms with Crippen molar-refractivity contribution in [2.45, 2.75) is 128 Å². The molecule has 0 aromatic heterocycles. The van der Waals surface area contributed by atoms with E-state index < -0.39 is 0 Å². The molecule has 5 aliphatic rings. The van der Waals surface area contributed by atoms with Crippen molar-refractivity contribution in [3.63, 3.8) is 0 Å². The predicted octanol–water partition coefficient (Wildman–Crippen LogP) is 5.88. The van der Waals surface area contributed by atoms with E-state index in [-0.39, 0.29) is 22.7 Å². The maximum Gasteiger partial charge on any atom is 0.103 e. The fourth-order valence-corrected chi connectivity index (χ4v) is 9.31. The smallest absolute Gasteiger partial charge is 0.103 e. The standard InChI is InChI=1S/C26H44O3/c1-5-7-11-25-14-10-20-19(21(25)9-13-24(25,4)28-15-6-2)16-22-26(29-22)17-18(27)8-12-23(20,26)3/h18-22,27H,5-17H2,1-4H3. The van der Waals surface area contributed by atoms with E-state index in [1.54, 1.807) is 0 Å². The van der Waals surface area contributed by atoms with Crippen LogP contribution in [-0.4, -0.2) is 35.1 Å². The van der Waals surface area contributed by atoms with Crippen molar-refractivity contribution in [3.8, 4) is 0 Å². The first-order valence-corrected chi connectivity index (χ1v) is 12.9. The second-order valence-electron chi connectivity index (χ2n) is 11.8. The van der Waals surface area contributed by atoms with Crippen LogP contribution < -0.4 is 0 Å². The third-order valence-electron chi connectivity index (χ3n) is 10.9. The van der Waals surface area contributed by atoms with Gasteiger partial charge < -0.3 is 14.6 Å². The van der Waals surface area contributed by atoms with Crippen molar-refractivity contribution < 1.29 is 14.6 Å². The third kappa shape index (κ3) is 2.65. The average molecular weight is 405 g/mol. The quantitative estimate of drug-likeness (QED) is 0.562. The summed E-state index contributed by atoms with van der Waals surface area (Å²) in [6, 6.07) is 0. The largest absolute Gasteiger partial charge is 0.393 e. The molecule has 5 rings (SSSR count). The third-order valence-corrected chi connectivity index (χ3v) is 10.9. The fourth-order valence-electron chi connectivity index (χ4n) is 9.31. The van der Waals surface area contributed by atoms with Crippen LogP contribution in [0.25, 0.3) is 0 Å². The Morgan fingerprint density at radius 3 is 2.55 bits per heavy atom. The van der Waals surface area contributed by atoms with Crippen LogP contribution in [0, 0.1) is 28.6 Å². The molecule has 3 nitrogen and oxygen atoms in total. The molecule has 1 N–H and O–H groups in total. The van der Waals surface area contributed by atoms with Crippen LogP contribution in [-0.2, 0) is 9.47 Å².